The van der Waals surface area contributed by atoms with Gasteiger partial charge in [0.2, 0.25) is 0 Å². The van der Waals surface area contributed by atoms with E-state index in [1.54, 1.807) is 18.3 Å². The van der Waals surface area contributed by atoms with Crippen molar-refractivity contribution in [3.05, 3.63) is 53.7 Å². The molecule has 0 fully saturated rings. The van der Waals surface area contributed by atoms with Crippen LogP contribution in [0.25, 0.3) is 22.0 Å². The Labute approximate surface area is 129 Å². The van der Waals surface area contributed by atoms with Gasteiger partial charge in [-0.25, -0.2) is 0 Å². The molecule has 0 saturated heterocycles. The first-order valence-electron chi connectivity index (χ1n) is 7.39. The van der Waals surface area contributed by atoms with Crippen LogP contribution in [0.1, 0.15) is 30.9 Å². The minimum atomic E-state index is 0.0648. The third-order valence-electron chi connectivity index (χ3n) is 4.01. The minimum absolute atomic E-state index is 0.0648. The van der Waals surface area contributed by atoms with Crippen molar-refractivity contribution in [3.8, 4) is 22.6 Å². The van der Waals surface area contributed by atoms with Crippen LogP contribution in [-0.2, 0) is 0 Å². The Bertz CT molecular complexity index is 830. The summed E-state index contributed by atoms with van der Waals surface area (Å²) >= 11 is 0. The fourth-order valence-corrected chi connectivity index (χ4v) is 2.85. The van der Waals surface area contributed by atoms with Crippen LogP contribution in [-0.4, -0.2) is 15.2 Å². The fourth-order valence-electron chi connectivity index (χ4n) is 2.85. The monoisotopic (exact) mass is 293 g/mol. The van der Waals surface area contributed by atoms with Gasteiger partial charge in [0, 0.05) is 17.1 Å². The molecule has 3 nitrogen and oxygen atoms in total. The van der Waals surface area contributed by atoms with E-state index in [0.29, 0.717) is 5.56 Å². The molecule has 22 heavy (non-hydrogen) atoms. The maximum atomic E-state index is 10.2. The average Bonchev–Trinajstić information content (AvgIpc) is 2.46. The van der Waals surface area contributed by atoms with E-state index in [9.17, 15) is 10.2 Å². The number of aromatic nitrogens is 1. The summed E-state index contributed by atoms with van der Waals surface area (Å²) in [6, 6.07) is 11.4. The zero-order valence-corrected chi connectivity index (χ0v) is 13.0. The van der Waals surface area contributed by atoms with Gasteiger partial charge < -0.3 is 10.2 Å². The largest absolute Gasteiger partial charge is 0.507 e. The van der Waals surface area contributed by atoms with Crippen LogP contribution in [0.2, 0.25) is 0 Å². The van der Waals surface area contributed by atoms with E-state index in [-0.39, 0.29) is 17.4 Å². The SMILES string of the molecule is Cc1ccnc2cc(-c3cc(O)c(C(C)C)c(O)c3)ccc12. The molecule has 2 N–H and O–H groups in total. The van der Waals surface area contributed by atoms with Gasteiger partial charge in [0.15, 0.2) is 0 Å². The molecular formula is C19H19NO2. The molecule has 3 heteroatoms. The Kier molecular flexibility index (Phi) is 3.49. The molecule has 0 spiro atoms. The van der Waals surface area contributed by atoms with E-state index in [4.69, 9.17) is 0 Å². The maximum Gasteiger partial charge on any atom is 0.123 e. The van der Waals surface area contributed by atoms with Crippen LogP contribution in [0.4, 0.5) is 0 Å². The van der Waals surface area contributed by atoms with Crippen LogP contribution < -0.4 is 0 Å². The number of aryl methyl sites for hydroxylation is 1. The molecule has 0 aliphatic carbocycles. The Hall–Kier alpha value is -2.55. The lowest BCUT2D eigenvalue weighted by Crippen LogP contribution is -1.91. The number of nitrogens with zero attached hydrogens (tertiary/aromatic N) is 1. The summed E-state index contributed by atoms with van der Waals surface area (Å²) in [7, 11) is 0. The second kappa shape index (κ2) is 5.34. The van der Waals surface area contributed by atoms with Crippen LogP contribution in [0.3, 0.4) is 0 Å². The normalized spacial score (nSPS) is 11.3. The minimum Gasteiger partial charge on any atom is -0.507 e. The summed E-state index contributed by atoms with van der Waals surface area (Å²) in [5.41, 5.74) is 4.37. The molecule has 3 aromatic rings. The highest BCUT2D eigenvalue weighted by Gasteiger charge is 2.14. The van der Waals surface area contributed by atoms with E-state index in [1.165, 1.54) is 5.56 Å². The number of benzene rings is 2. The standard InChI is InChI=1S/C19H19NO2/c1-11(2)19-17(21)9-14(10-18(19)22)13-4-5-15-12(3)6-7-20-16(15)8-13/h4-11,21-22H,1-3H3. The molecular weight excluding hydrogens is 274 g/mol. The number of hydrogen-bond donors (Lipinski definition) is 2. The third-order valence-corrected chi connectivity index (χ3v) is 4.01. The molecule has 0 amide bonds. The zero-order valence-electron chi connectivity index (χ0n) is 13.0. The summed E-state index contributed by atoms with van der Waals surface area (Å²) in [4.78, 5) is 4.39. The third kappa shape index (κ3) is 2.39. The smallest absolute Gasteiger partial charge is 0.123 e. The van der Waals surface area contributed by atoms with Gasteiger partial charge in [-0.3, -0.25) is 4.98 Å². The van der Waals surface area contributed by atoms with Gasteiger partial charge in [0.1, 0.15) is 11.5 Å². The van der Waals surface area contributed by atoms with Crippen LogP contribution in [0.15, 0.2) is 42.6 Å². The Balaban J connectivity index is 2.15. The van der Waals surface area contributed by atoms with Crippen molar-refractivity contribution < 1.29 is 10.2 Å². The molecule has 0 saturated carbocycles. The maximum absolute atomic E-state index is 10.2. The molecule has 0 unspecified atom stereocenters. The first-order chi connectivity index (χ1) is 10.5. The molecule has 0 bridgehead atoms. The van der Waals surface area contributed by atoms with Crippen molar-refractivity contribution in [3.63, 3.8) is 0 Å². The van der Waals surface area contributed by atoms with Crippen LogP contribution in [0, 0.1) is 6.92 Å². The Morgan fingerprint density at radius 3 is 2.23 bits per heavy atom. The molecule has 2 aromatic carbocycles. The van der Waals surface area contributed by atoms with E-state index in [2.05, 4.69) is 11.9 Å². The first-order valence-corrected chi connectivity index (χ1v) is 7.39. The van der Waals surface area contributed by atoms with Crippen LogP contribution in [0.5, 0.6) is 11.5 Å². The predicted molar refractivity (Wildman–Crippen MR) is 89.3 cm³/mol. The van der Waals surface area contributed by atoms with E-state index < -0.39 is 0 Å². The molecule has 0 atom stereocenters. The van der Waals surface area contributed by atoms with Gasteiger partial charge in [-0.15, -0.1) is 0 Å². The highest BCUT2D eigenvalue weighted by molar-refractivity contribution is 5.87. The van der Waals surface area contributed by atoms with Gasteiger partial charge in [-0.05, 0) is 53.8 Å². The van der Waals surface area contributed by atoms with Gasteiger partial charge >= 0.3 is 0 Å². The number of phenolic OH excluding ortho intramolecular Hbond substituents is 2. The number of phenols is 2. The van der Waals surface area contributed by atoms with Gasteiger partial charge in [-0.2, -0.15) is 0 Å². The number of fused-ring (bicyclic) bond motifs is 1. The molecule has 1 aromatic heterocycles. The Morgan fingerprint density at radius 2 is 1.59 bits per heavy atom. The summed E-state index contributed by atoms with van der Waals surface area (Å²) < 4.78 is 0. The topological polar surface area (TPSA) is 53.4 Å². The fraction of sp³-hybridized carbons (Fsp3) is 0.211. The molecule has 3 rings (SSSR count). The highest BCUT2D eigenvalue weighted by atomic mass is 16.3. The Morgan fingerprint density at radius 1 is 0.909 bits per heavy atom. The van der Waals surface area contributed by atoms with Crippen molar-refractivity contribution in [1.82, 2.24) is 4.98 Å². The number of aromatic hydroxyl groups is 2. The van der Waals surface area contributed by atoms with Crippen molar-refractivity contribution in [1.29, 1.82) is 0 Å². The van der Waals surface area contributed by atoms with Crippen molar-refractivity contribution >= 4 is 10.9 Å². The quantitative estimate of drug-likeness (QED) is 0.717. The van der Waals surface area contributed by atoms with Gasteiger partial charge in [-0.1, -0.05) is 26.0 Å². The van der Waals surface area contributed by atoms with Crippen molar-refractivity contribution in [2.24, 2.45) is 0 Å². The molecule has 112 valence electrons. The zero-order chi connectivity index (χ0) is 15.9. The lowest BCUT2D eigenvalue weighted by Gasteiger charge is -2.13. The van der Waals surface area contributed by atoms with E-state index >= 15 is 0 Å². The van der Waals surface area contributed by atoms with Gasteiger partial charge in [0.25, 0.3) is 0 Å². The molecule has 0 aliphatic heterocycles. The summed E-state index contributed by atoms with van der Waals surface area (Å²) in [6.45, 7) is 5.94. The van der Waals surface area contributed by atoms with Crippen molar-refractivity contribution in [2.45, 2.75) is 26.7 Å². The lowest BCUT2D eigenvalue weighted by molar-refractivity contribution is 0.434. The lowest BCUT2D eigenvalue weighted by atomic mass is 9.95. The average molecular weight is 293 g/mol. The van der Waals surface area contributed by atoms with E-state index in [1.807, 2.05) is 38.1 Å². The number of rotatable bonds is 2. The van der Waals surface area contributed by atoms with Crippen LogP contribution >= 0.6 is 0 Å². The molecule has 0 aliphatic rings. The second-order valence-corrected chi connectivity index (χ2v) is 5.94. The predicted octanol–water partition coefficient (Wildman–Crippen LogP) is 4.74. The summed E-state index contributed by atoms with van der Waals surface area (Å²) in [5, 5.41) is 21.5. The summed E-state index contributed by atoms with van der Waals surface area (Å²) in [6.07, 6.45) is 1.79. The summed E-state index contributed by atoms with van der Waals surface area (Å²) in [5.74, 6) is 0.319. The van der Waals surface area contributed by atoms with Gasteiger partial charge in [0.05, 0.1) is 5.52 Å². The number of pyridine rings is 1. The first kappa shape index (κ1) is 14.4. The van der Waals surface area contributed by atoms with E-state index in [0.717, 1.165) is 22.0 Å². The highest BCUT2D eigenvalue weighted by Crippen LogP contribution is 2.38. The van der Waals surface area contributed by atoms with Crippen molar-refractivity contribution in [2.75, 3.05) is 0 Å². The number of hydrogen-bond acceptors (Lipinski definition) is 3. The second-order valence-electron chi connectivity index (χ2n) is 5.94. The molecule has 1 heterocycles. The molecule has 0 radical (unpaired) electrons.